The second-order valence-electron chi connectivity index (χ2n) is 5.89. The largest absolute Gasteiger partial charge is 0.489 e. The number of methoxy groups -OCH3 is 1. The van der Waals surface area contributed by atoms with E-state index in [-0.39, 0.29) is 5.97 Å². The highest BCUT2D eigenvalue weighted by Crippen LogP contribution is 2.37. The van der Waals surface area contributed by atoms with Crippen LogP contribution in [0.3, 0.4) is 0 Å². The average molecular weight is 414 g/mol. The minimum absolute atomic E-state index is 0.177. The topological polar surface area (TPSA) is 81.2 Å². The molecule has 0 amide bonds. The summed E-state index contributed by atoms with van der Waals surface area (Å²) in [6.45, 7) is 1.89. The zero-order valence-electron chi connectivity index (χ0n) is 15.3. The fourth-order valence-corrected chi connectivity index (χ4v) is 2.83. The van der Waals surface area contributed by atoms with Gasteiger partial charge in [-0.25, -0.2) is 0 Å². The molecule has 1 heterocycles. The van der Waals surface area contributed by atoms with Crippen LogP contribution in [-0.4, -0.2) is 44.2 Å². The summed E-state index contributed by atoms with van der Waals surface area (Å²) in [5.41, 5.74) is 3.54. The Morgan fingerprint density at radius 3 is 2.96 bits per heavy atom. The minimum Gasteiger partial charge on any atom is -0.489 e. The van der Waals surface area contributed by atoms with Gasteiger partial charge in [-0.15, -0.1) is 0 Å². The molecule has 1 aliphatic rings. The molecule has 7 nitrogen and oxygen atoms in total. The first-order chi connectivity index (χ1) is 13.1. The van der Waals surface area contributed by atoms with Gasteiger partial charge in [-0.05, 0) is 42.8 Å². The molecule has 0 fully saturated rings. The predicted molar refractivity (Wildman–Crippen MR) is 109 cm³/mol. The summed E-state index contributed by atoms with van der Waals surface area (Å²) in [6, 6.07) is 3.59. The van der Waals surface area contributed by atoms with E-state index in [4.69, 9.17) is 33.3 Å². The summed E-state index contributed by atoms with van der Waals surface area (Å²) >= 11 is 11.4. The van der Waals surface area contributed by atoms with Gasteiger partial charge in [-0.2, -0.15) is 5.10 Å². The van der Waals surface area contributed by atoms with Gasteiger partial charge in [0, 0.05) is 19.4 Å². The van der Waals surface area contributed by atoms with Crippen LogP contribution in [0.15, 0.2) is 17.2 Å². The lowest BCUT2D eigenvalue weighted by molar-refractivity contribution is -0.140. The van der Waals surface area contributed by atoms with Gasteiger partial charge in [-0.3, -0.25) is 10.2 Å². The van der Waals surface area contributed by atoms with E-state index in [9.17, 15) is 4.79 Å². The number of carbonyl (C=O) groups excluding carboxylic acids is 1. The Balaban J connectivity index is 1.70. The zero-order valence-corrected chi connectivity index (χ0v) is 16.8. The first kappa shape index (κ1) is 21.2. The third kappa shape index (κ3) is 7.60. The van der Waals surface area contributed by atoms with Gasteiger partial charge in [0.05, 0.1) is 31.6 Å². The fraction of sp³-hybridized carbons (Fsp3) is 0.500. The molecule has 148 valence electrons. The van der Waals surface area contributed by atoms with E-state index in [1.807, 2.05) is 6.07 Å². The number of esters is 1. The fourth-order valence-electron chi connectivity index (χ4n) is 2.41. The third-order valence-corrected chi connectivity index (χ3v) is 4.29. The molecule has 9 heteroatoms. The Morgan fingerprint density at radius 2 is 2.15 bits per heavy atom. The average Bonchev–Trinajstić information content (AvgIpc) is 2.90. The van der Waals surface area contributed by atoms with Gasteiger partial charge < -0.3 is 19.5 Å². The monoisotopic (exact) mass is 413 g/mol. The molecule has 27 heavy (non-hydrogen) atoms. The Kier molecular flexibility index (Phi) is 9.13. The van der Waals surface area contributed by atoms with Crippen molar-refractivity contribution in [2.24, 2.45) is 5.10 Å². The van der Waals surface area contributed by atoms with Gasteiger partial charge >= 0.3 is 5.97 Å². The number of halogens is 1. The summed E-state index contributed by atoms with van der Waals surface area (Å²) in [7, 11) is 1.40. The van der Waals surface area contributed by atoms with Crippen molar-refractivity contribution in [3.8, 4) is 11.5 Å². The Hall–Kier alpha value is -2.06. The van der Waals surface area contributed by atoms with Crippen LogP contribution in [0.1, 0.15) is 37.7 Å². The number of hydrogen-bond donors (Lipinski definition) is 2. The quantitative estimate of drug-likeness (QED) is 0.223. The number of benzene rings is 1. The van der Waals surface area contributed by atoms with Crippen LogP contribution >= 0.6 is 23.8 Å². The van der Waals surface area contributed by atoms with E-state index in [0.717, 1.165) is 31.2 Å². The number of ether oxygens (including phenoxy) is 3. The summed E-state index contributed by atoms with van der Waals surface area (Å²) in [5, 5.41) is 8.09. The van der Waals surface area contributed by atoms with E-state index in [0.29, 0.717) is 47.8 Å². The Morgan fingerprint density at radius 1 is 1.33 bits per heavy atom. The summed E-state index contributed by atoms with van der Waals surface area (Å²) in [5.74, 6) is 1.02. The number of rotatable bonds is 8. The summed E-state index contributed by atoms with van der Waals surface area (Å²) in [6.07, 6.45) is 5.51. The van der Waals surface area contributed by atoms with Gasteiger partial charge in [0.2, 0.25) is 0 Å². The molecule has 2 rings (SSSR count). The SMILES string of the molecule is COC(=O)CCCCCNC(=S)N/N=C\c1cc(Cl)c2c(c1)OCCCO2. The molecule has 2 N–H and O–H groups in total. The smallest absolute Gasteiger partial charge is 0.305 e. The molecule has 0 aliphatic carbocycles. The van der Waals surface area contributed by atoms with Crippen molar-refractivity contribution in [3.05, 3.63) is 22.7 Å². The summed E-state index contributed by atoms with van der Waals surface area (Å²) in [4.78, 5) is 11.0. The zero-order chi connectivity index (χ0) is 19.5. The van der Waals surface area contributed by atoms with Crippen molar-refractivity contribution in [2.45, 2.75) is 32.1 Å². The van der Waals surface area contributed by atoms with E-state index in [1.54, 1.807) is 12.3 Å². The first-order valence-corrected chi connectivity index (χ1v) is 9.61. The van der Waals surface area contributed by atoms with Crippen LogP contribution in [-0.2, 0) is 9.53 Å². The number of unbranched alkanes of at least 4 members (excludes halogenated alkanes) is 2. The highest BCUT2D eigenvalue weighted by molar-refractivity contribution is 7.80. The first-order valence-electron chi connectivity index (χ1n) is 8.83. The van der Waals surface area contributed by atoms with Crippen LogP contribution < -0.4 is 20.2 Å². The lowest BCUT2D eigenvalue weighted by Gasteiger charge is -2.10. The molecule has 0 saturated heterocycles. The van der Waals surface area contributed by atoms with Gasteiger partial charge in [-0.1, -0.05) is 18.0 Å². The van der Waals surface area contributed by atoms with E-state index in [2.05, 4.69) is 20.6 Å². The molecule has 0 saturated carbocycles. The van der Waals surface area contributed by atoms with E-state index in [1.165, 1.54) is 7.11 Å². The lowest BCUT2D eigenvalue weighted by atomic mass is 10.2. The van der Waals surface area contributed by atoms with Crippen molar-refractivity contribution < 1.29 is 19.0 Å². The van der Waals surface area contributed by atoms with Crippen LogP contribution in [0.4, 0.5) is 0 Å². The van der Waals surface area contributed by atoms with E-state index < -0.39 is 0 Å². The molecule has 0 spiro atoms. The predicted octanol–water partition coefficient (Wildman–Crippen LogP) is 3.03. The van der Waals surface area contributed by atoms with Crippen molar-refractivity contribution in [3.63, 3.8) is 0 Å². The van der Waals surface area contributed by atoms with Crippen LogP contribution in [0.5, 0.6) is 11.5 Å². The second-order valence-corrected chi connectivity index (χ2v) is 6.71. The van der Waals surface area contributed by atoms with Crippen LogP contribution in [0, 0.1) is 0 Å². The van der Waals surface area contributed by atoms with Gasteiger partial charge in [0.15, 0.2) is 16.6 Å². The third-order valence-electron chi connectivity index (χ3n) is 3.78. The number of fused-ring (bicyclic) bond motifs is 1. The molecule has 1 aliphatic heterocycles. The highest BCUT2D eigenvalue weighted by Gasteiger charge is 2.15. The van der Waals surface area contributed by atoms with Crippen LogP contribution in [0.25, 0.3) is 0 Å². The number of nitrogens with zero attached hydrogens (tertiary/aromatic N) is 1. The summed E-state index contributed by atoms with van der Waals surface area (Å²) < 4.78 is 15.8. The molecule has 0 bridgehead atoms. The Bertz CT molecular complexity index is 685. The van der Waals surface area contributed by atoms with Gasteiger partial charge in [0.25, 0.3) is 0 Å². The number of hydrogen-bond acceptors (Lipinski definition) is 6. The molecular weight excluding hydrogens is 390 g/mol. The Labute approximate surface area is 169 Å². The second kappa shape index (κ2) is 11.6. The molecule has 0 unspecified atom stereocenters. The normalized spacial score (nSPS) is 13.1. The molecule has 0 atom stereocenters. The number of thiocarbonyl (C=S) groups is 1. The van der Waals surface area contributed by atoms with Crippen molar-refractivity contribution in [1.82, 2.24) is 10.7 Å². The molecule has 1 aromatic rings. The maximum atomic E-state index is 11.0. The van der Waals surface area contributed by atoms with Crippen LogP contribution in [0.2, 0.25) is 5.02 Å². The number of nitrogens with one attached hydrogen (secondary N) is 2. The lowest BCUT2D eigenvalue weighted by Crippen LogP contribution is -2.32. The van der Waals surface area contributed by atoms with Crippen molar-refractivity contribution >= 4 is 41.1 Å². The standard InChI is InChI=1S/C18H24ClN3O4S/c1-24-16(23)6-3-2-4-7-20-18(27)22-21-12-13-10-14(19)17-15(11-13)25-8-5-9-26-17/h10-12H,2-9H2,1H3,(H2,20,22,27)/b21-12-. The number of hydrazone groups is 1. The molecule has 0 aromatic heterocycles. The molecule has 0 radical (unpaired) electrons. The highest BCUT2D eigenvalue weighted by atomic mass is 35.5. The van der Waals surface area contributed by atoms with Crippen molar-refractivity contribution in [1.29, 1.82) is 0 Å². The van der Waals surface area contributed by atoms with Gasteiger partial charge in [0.1, 0.15) is 0 Å². The molecular formula is C18H24ClN3O4S. The van der Waals surface area contributed by atoms with Crippen molar-refractivity contribution in [2.75, 3.05) is 26.9 Å². The van der Waals surface area contributed by atoms with E-state index >= 15 is 0 Å². The minimum atomic E-state index is -0.177. The maximum absolute atomic E-state index is 11.0. The molecule has 1 aromatic carbocycles. The maximum Gasteiger partial charge on any atom is 0.305 e. The number of carbonyl (C=O) groups is 1.